The van der Waals surface area contributed by atoms with Gasteiger partial charge in [-0.2, -0.15) is 0 Å². The van der Waals surface area contributed by atoms with E-state index in [-0.39, 0.29) is 10.5 Å². The predicted molar refractivity (Wildman–Crippen MR) is 140 cm³/mol. The van der Waals surface area contributed by atoms with Crippen molar-refractivity contribution >= 4 is 27.5 Å². The first kappa shape index (κ1) is 25.9. The molecule has 0 aromatic heterocycles. The van der Waals surface area contributed by atoms with Gasteiger partial charge in [-0.05, 0) is 54.3 Å². The van der Waals surface area contributed by atoms with Gasteiger partial charge >= 0.3 is 11.9 Å². The van der Waals surface area contributed by atoms with Crippen molar-refractivity contribution in [1.29, 1.82) is 0 Å². The van der Waals surface area contributed by atoms with Gasteiger partial charge in [0.1, 0.15) is 0 Å². The third-order valence-corrected chi connectivity index (χ3v) is 8.04. The van der Waals surface area contributed by atoms with Gasteiger partial charge in [0.2, 0.25) is 0 Å². The molecule has 0 fully saturated rings. The number of hydrogen-bond donors (Lipinski definition) is 0. The first-order valence-corrected chi connectivity index (χ1v) is 13.0. The van der Waals surface area contributed by atoms with E-state index in [9.17, 15) is 18.0 Å². The van der Waals surface area contributed by atoms with Crippen LogP contribution in [0.15, 0.2) is 101 Å². The average molecular weight is 518 g/mol. The highest BCUT2D eigenvalue weighted by molar-refractivity contribution is 7.89. The molecule has 0 bridgehead atoms. The molecular weight excluding hydrogens is 490 g/mol. The maximum Gasteiger partial charge on any atom is 0.356 e. The van der Waals surface area contributed by atoms with Crippen molar-refractivity contribution in [3.05, 3.63) is 118 Å². The Morgan fingerprint density at radius 1 is 0.784 bits per heavy atom. The predicted octanol–water partition coefficient (Wildman–Crippen LogP) is 4.73. The van der Waals surface area contributed by atoms with E-state index in [1.54, 1.807) is 54.6 Å². The second kappa shape index (κ2) is 10.4. The van der Waals surface area contributed by atoms with Crippen LogP contribution in [0.1, 0.15) is 28.3 Å². The second-order valence-corrected chi connectivity index (χ2v) is 10.4. The van der Waals surface area contributed by atoms with E-state index in [1.165, 1.54) is 19.2 Å². The fourth-order valence-electron chi connectivity index (χ4n) is 4.37. The second-order valence-electron chi connectivity index (χ2n) is 8.57. The highest BCUT2D eigenvalue weighted by Gasteiger charge is 2.44. The van der Waals surface area contributed by atoms with Crippen molar-refractivity contribution in [1.82, 2.24) is 4.31 Å². The first-order valence-electron chi connectivity index (χ1n) is 11.6. The minimum Gasteiger partial charge on any atom is -0.465 e. The zero-order valence-corrected chi connectivity index (χ0v) is 21.8. The average Bonchev–Trinajstić information content (AvgIpc) is 2.92. The van der Waals surface area contributed by atoms with Crippen LogP contribution in [0.5, 0.6) is 0 Å². The first-order chi connectivity index (χ1) is 17.7. The van der Waals surface area contributed by atoms with Crippen LogP contribution >= 0.6 is 0 Å². The molecule has 0 saturated heterocycles. The number of benzene rings is 3. The number of aryl methyl sites for hydroxylation is 2. The molecule has 4 rings (SSSR count). The van der Waals surface area contributed by atoms with Crippen molar-refractivity contribution in [3.8, 4) is 0 Å². The summed E-state index contributed by atoms with van der Waals surface area (Å²) in [5.74, 6) is -1.83. The van der Waals surface area contributed by atoms with E-state index >= 15 is 0 Å². The lowest BCUT2D eigenvalue weighted by molar-refractivity contribution is -0.140. The van der Waals surface area contributed by atoms with E-state index in [4.69, 9.17) is 9.47 Å². The van der Waals surface area contributed by atoms with E-state index in [2.05, 4.69) is 0 Å². The van der Waals surface area contributed by atoms with Crippen LogP contribution < -0.4 is 0 Å². The highest BCUT2D eigenvalue weighted by Crippen LogP contribution is 2.44. The summed E-state index contributed by atoms with van der Waals surface area (Å²) in [6.45, 7) is 3.71. The molecule has 0 radical (unpaired) electrons. The molecule has 37 heavy (non-hydrogen) atoms. The van der Waals surface area contributed by atoms with E-state index in [0.29, 0.717) is 16.7 Å². The zero-order valence-electron chi connectivity index (χ0n) is 21.0. The molecule has 0 N–H and O–H groups in total. The monoisotopic (exact) mass is 517 g/mol. The maximum atomic E-state index is 14.2. The van der Waals surface area contributed by atoms with Crippen LogP contribution in [-0.4, -0.2) is 38.9 Å². The van der Waals surface area contributed by atoms with Crippen molar-refractivity contribution in [2.24, 2.45) is 0 Å². The zero-order chi connectivity index (χ0) is 26.7. The lowest BCUT2D eigenvalue weighted by atomic mass is 9.88. The van der Waals surface area contributed by atoms with Gasteiger partial charge in [0.25, 0.3) is 10.0 Å². The lowest BCUT2D eigenvalue weighted by Crippen LogP contribution is -2.41. The molecule has 7 nitrogen and oxygen atoms in total. The maximum absolute atomic E-state index is 14.2. The number of carbonyl (C=O) groups is 2. The smallest absolute Gasteiger partial charge is 0.356 e. The summed E-state index contributed by atoms with van der Waals surface area (Å²) in [4.78, 5) is 26.5. The number of methoxy groups -OCH3 is 2. The van der Waals surface area contributed by atoms with Crippen molar-refractivity contribution in [2.45, 2.75) is 24.8 Å². The van der Waals surface area contributed by atoms with Crippen molar-refractivity contribution < 1.29 is 27.5 Å². The van der Waals surface area contributed by atoms with Gasteiger partial charge in [-0.1, -0.05) is 72.3 Å². The summed E-state index contributed by atoms with van der Waals surface area (Å²) >= 11 is 0. The summed E-state index contributed by atoms with van der Waals surface area (Å²) in [5.41, 5.74) is 2.72. The Bertz CT molecular complexity index is 1510. The Balaban J connectivity index is 2.12. The van der Waals surface area contributed by atoms with Crippen molar-refractivity contribution in [2.75, 3.05) is 14.2 Å². The van der Waals surface area contributed by atoms with Crippen LogP contribution in [0, 0.1) is 13.8 Å². The Kier molecular flexibility index (Phi) is 7.31. The molecule has 190 valence electrons. The van der Waals surface area contributed by atoms with Gasteiger partial charge in [0, 0.05) is 0 Å². The standard InChI is InChI=1S/C29H27NO6S/c1-19-14-16-22(17-15-19)37(33,34)30-25(23-13-9-8-10-20(23)2)18-24(21-11-6-5-7-12-21)26(28(31)35-3)27(30)29(32)36-4/h5-18,25H,1-4H3. The van der Waals surface area contributed by atoms with Gasteiger partial charge < -0.3 is 9.47 Å². The van der Waals surface area contributed by atoms with E-state index < -0.39 is 33.7 Å². The largest absolute Gasteiger partial charge is 0.465 e. The van der Waals surface area contributed by atoms with E-state index in [0.717, 1.165) is 22.5 Å². The molecule has 1 atom stereocenters. The normalized spacial score (nSPS) is 15.7. The lowest BCUT2D eigenvalue weighted by Gasteiger charge is -2.37. The Morgan fingerprint density at radius 2 is 1.38 bits per heavy atom. The molecule has 0 amide bonds. The van der Waals surface area contributed by atoms with Gasteiger partial charge in [0.15, 0.2) is 5.70 Å². The minimum absolute atomic E-state index is 0.0288. The number of hydrogen-bond acceptors (Lipinski definition) is 6. The third kappa shape index (κ3) is 4.80. The number of sulfonamides is 1. The number of carbonyl (C=O) groups excluding carboxylic acids is 2. The molecular formula is C29H27NO6S. The SMILES string of the molecule is COC(=O)C1=C(C(=O)OC)N(S(=O)(=O)c2ccc(C)cc2)C(c2ccccc2C)C=C1c1ccccc1. The number of rotatable bonds is 6. The van der Waals surface area contributed by atoms with Crippen molar-refractivity contribution in [3.63, 3.8) is 0 Å². The Labute approximate surface area is 216 Å². The number of esters is 2. The highest BCUT2D eigenvalue weighted by atomic mass is 32.2. The van der Waals surface area contributed by atoms with Gasteiger partial charge in [-0.3, -0.25) is 0 Å². The molecule has 1 aliphatic heterocycles. The van der Waals surface area contributed by atoms with E-state index in [1.807, 2.05) is 32.0 Å². The molecule has 8 heteroatoms. The minimum atomic E-state index is -4.36. The summed E-state index contributed by atoms with van der Waals surface area (Å²) < 4.78 is 39.5. The van der Waals surface area contributed by atoms with Gasteiger partial charge in [0.05, 0.1) is 30.7 Å². The Morgan fingerprint density at radius 3 is 1.97 bits per heavy atom. The number of ether oxygens (including phenoxy) is 2. The molecule has 0 saturated carbocycles. The third-order valence-electron chi connectivity index (χ3n) is 6.24. The van der Waals surface area contributed by atoms with Gasteiger partial charge in [-0.15, -0.1) is 0 Å². The molecule has 3 aromatic rings. The van der Waals surface area contributed by atoms with Crippen LogP contribution in [0.4, 0.5) is 0 Å². The fraction of sp³-hybridized carbons (Fsp3) is 0.172. The summed E-state index contributed by atoms with van der Waals surface area (Å²) in [7, 11) is -2.03. The molecule has 3 aromatic carbocycles. The quantitative estimate of drug-likeness (QED) is 0.439. The summed E-state index contributed by atoms with van der Waals surface area (Å²) in [6.07, 6.45) is 1.68. The van der Waals surface area contributed by atoms with Crippen LogP contribution in [-0.2, 0) is 29.1 Å². The summed E-state index contributed by atoms with van der Waals surface area (Å²) in [6, 6.07) is 21.6. The van der Waals surface area contributed by atoms with Crippen LogP contribution in [0.25, 0.3) is 5.57 Å². The number of nitrogens with zero attached hydrogens (tertiary/aromatic N) is 1. The molecule has 1 heterocycles. The fourth-order valence-corrected chi connectivity index (χ4v) is 5.96. The Hall–Kier alpha value is -4.17. The summed E-state index contributed by atoms with van der Waals surface area (Å²) in [5, 5.41) is 0. The molecule has 1 aliphatic rings. The molecule has 1 unspecified atom stereocenters. The molecule has 0 aliphatic carbocycles. The topological polar surface area (TPSA) is 90.0 Å². The van der Waals surface area contributed by atoms with Crippen LogP contribution in [0.3, 0.4) is 0 Å². The molecule has 0 spiro atoms. The van der Waals surface area contributed by atoms with Gasteiger partial charge in [-0.25, -0.2) is 22.3 Å². The van der Waals surface area contributed by atoms with Crippen LogP contribution in [0.2, 0.25) is 0 Å².